The van der Waals surface area contributed by atoms with Crippen LogP contribution in [0.1, 0.15) is 12.7 Å². The number of para-hydroxylation sites is 2. The molecule has 1 fully saturated rings. The van der Waals surface area contributed by atoms with Gasteiger partial charge in [0.25, 0.3) is 0 Å². The van der Waals surface area contributed by atoms with E-state index in [1.165, 1.54) is 0 Å². The van der Waals surface area contributed by atoms with Crippen LogP contribution in [0.25, 0.3) is 0 Å². The molecule has 0 saturated carbocycles. The number of benzene rings is 1. The molecule has 0 bridgehead atoms. The van der Waals surface area contributed by atoms with Crippen LogP contribution in [0.3, 0.4) is 0 Å². The number of amides is 1. The molecule has 1 saturated heterocycles. The van der Waals surface area contributed by atoms with Gasteiger partial charge in [0.05, 0.1) is 19.3 Å². The molecular formula is C20H29N5O2. The van der Waals surface area contributed by atoms with Gasteiger partial charge in [-0.2, -0.15) is 0 Å². The average Bonchev–Trinajstić information content (AvgIpc) is 3.15. The maximum Gasteiger partial charge on any atom is 0.238 e. The molecule has 3 rings (SSSR count). The van der Waals surface area contributed by atoms with Crippen molar-refractivity contribution in [1.29, 1.82) is 0 Å². The minimum atomic E-state index is -0.000969. The van der Waals surface area contributed by atoms with Crippen LogP contribution in [0.2, 0.25) is 0 Å². The highest BCUT2D eigenvalue weighted by atomic mass is 16.5. The van der Waals surface area contributed by atoms with Gasteiger partial charge < -0.3 is 14.6 Å². The van der Waals surface area contributed by atoms with Gasteiger partial charge in [-0.05, 0) is 12.1 Å². The Morgan fingerprint density at radius 2 is 1.89 bits per heavy atom. The first-order valence-corrected chi connectivity index (χ1v) is 9.57. The lowest BCUT2D eigenvalue weighted by atomic mass is 10.2. The Bertz CT molecular complexity index is 737. The van der Waals surface area contributed by atoms with E-state index in [0.717, 1.165) is 57.2 Å². The number of carbonyl (C=O) groups excluding carboxylic acids is 1. The van der Waals surface area contributed by atoms with Crippen LogP contribution < -0.4 is 10.1 Å². The van der Waals surface area contributed by atoms with Crippen LogP contribution in [0, 0.1) is 0 Å². The second-order valence-electron chi connectivity index (χ2n) is 6.76. The summed E-state index contributed by atoms with van der Waals surface area (Å²) in [7, 11) is 1.61. The molecule has 0 spiro atoms. The SMILES string of the molecule is CCc1nccn1CCN1CCN(CC(=O)Nc2ccccc2OC)CC1. The van der Waals surface area contributed by atoms with Crippen molar-refractivity contribution in [3.8, 4) is 5.75 Å². The van der Waals surface area contributed by atoms with E-state index in [-0.39, 0.29) is 5.91 Å². The highest BCUT2D eigenvalue weighted by molar-refractivity contribution is 5.93. The fourth-order valence-electron chi connectivity index (χ4n) is 3.42. The molecule has 2 heterocycles. The number of rotatable bonds is 8. The number of hydrogen-bond donors (Lipinski definition) is 1. The second kappa shape index (κ2) is 9.53. The van der Waals surface area contributed by atoms with Gasteiger partial charge in [0, 0.05) is 58.1 Å². The number of nitrogens with one attached hydrogen (secondary N) is 1. The first kappa shape index (κ1) is 19.4. The quantitative estimate of drug-likeness (QED) is 0.765. The van der Waals surface area contributed by atoms with Crippen molar-refractivity contribution in [3.05, 3.63) is 42.5 Å². The van der Waals surface area contributed by atoms with E-state index >= 15 is 0 Å². The number of methoxy groups -OCH3 is 1. The van der Waals surface area contributed by atoms with Crippen molar-refractivity contribution in [2.45, 2.75) is 19.9 Å². The smallest absolute Gasteiger partial charge is 0.238 e. The summed E-state index contributed by atoms with van der Waals surface area (Å²) in [6.07, 6.45) is 4.89. The van der Waals surface area contributed by atoms with Gasteiger partial charge in [0.1, 0.15) is 11.6 Å². The van der Waals surface area contributed by atoms with Crippen LogP contribution in [0.15, 0.2) is 36.7 Å². The van der Waals surface area contributed by atoms with E-state index in [1.807, 2.05) is 30.5 Å². The van der Waals surface area contributed by atoms with Crippen LogP contribution >= 0.6 is 0 Å². The molecule has 1 aromatic heterocycles. The zero-order chi connectivity index (χ0) is 19.1. The van der Waals surface area contributed by atoms with Crippen molar-refractivity contribution in [2.24, 2.45) is 0 Å². The van der Waals surface area contributed by atoms with Gasteiger partial charge in [0.15, 0.2) is 0 Å². The minimum Gasteiger partial charge on any atom is -0.495 e. The highest BCUT2D eigenvalue weighted by Gasteiger charge is 2.19. The largest absolute Gasteiger partial charge is 0.495 e. The zero-order valence-corrected chi connectivity index (χ0v) is 16.2. The summed E-state index contributed by atoms with van der Waals surface area (Å²) in [6.45, 7) is 8.31. The van der Waals surface area contributed by atoms with E-state index < -0.39 is 0 Å². The van der Waals surface area contributed by atoms with Crippen molar-refractivity contribution in [3.63, 3.8) is 0 Å². The molecule has 0 radical (unpaired) electrons. The average molecular weight is 371 g/mol. The van der Waals surface area contributed by atoms with Crippen LogP contribution in [0.4, 0.5) is 5.69 Å². The molecule has 1 amide bonds. The molecule has 7 nitrogen and oxygen atoms in total. The Hall–Kier alpha value is -2.38. The van der Waals surface area contributed by atoms with Gasteiger partial charge in [-0.15, -0.1) is 0 Å². The summed E-state index contributed by atoms with van der Waals surface area (Å²) < 4.78 is 7.51. The number of piperazine rings is 1. The maximum atomic E-state index is 12.3. The van der Waals surface area contributed by atoms with Crippen molar-refractivity contribution in [2.75, 3.05) is 51.7 Å². The summed E-state index contributed by atoms with van der Waals surface area (Å²) in [6, 6.07) is 7.48. The fraction of sp³-hybridized carbons (Fsp3) is 0.500. The van der Waals surface area contributed by atoms with Crippen molar-refractivity contribution in [1.82, 2.24) is 19.4 Å². The minimum absolute atomic E-state index is 0.000969. The van der Waals surface area contributed by atoms with Gasteiger partial charge >= 0.3 is 0 Å². The molecule has 27 heavy (non-hydrogen) atoms. The van der Waals surface area contributed by atoms with E-state index in [0.29, 0.717) is 12.3 Å². The molecule has 0 unspecified atom stereocenters. The lowest BCUT2D eigenvalue weighted by molar-refractivity contribution is -0.117. The molecule has 1 aromatic carbocycles. The number of aryl methyl sites for hydroxylation is 1. The van der Waals surface area contributed by atoms with Crippen LogP contribution in [0.5, 0.6) is 5.75 Å². The Morgan fingerprint density at radius 3 is 2.63 bits per heavy atom. The zero-order valence-electron chi connectivity index (χ0n) is 16.2. The molecule has 2 aromatic rings. The number of hydrogen-bond acceptors (Lipinski definition) is 5. The molecule has 0 atom stereocenters. The third-order valence-electron chi connectivity index (χ3n) is 4.99. The standard InChI is InChI=1S/C20H29N5O2/c1-3-19-21-8-9-25(19)15-14-23-10-12-24(13-11-23)16-20(26)22-17-6-4-5-7-18(17)27-2/h4-9H,3,10-16H2,1-2H3,(H,22,26). The summed E-state index contributed by atoms with van der Waals surface area (Å²) in [5.41, 5.74) is 0.718. The summed E-state index contributed by atoms with van der Waals surface area (Å²) in [4.78, 5) is 21.4. The van der Waals surface area contributed by atoms with Crippen LogP contribution in [-0.4, -0.2) is 71.6 Å². The molecule has 146 valence electrons. The molecule has 7 heteroatoms. The van der Waals surface area contributed by atoms with Crippen molar-refractivity contribution >= 4 is 11.6 Å². The Kier molecular flexibility index (Phi) is 6.84. The lowest BCUT2D eigenvalue weighted by Gasteiger charge is -2.34. The first-order chi connectivity index (χ1) is 13.2. The van der Waals surface area contributed by atoms with E-state index in [2.05, 4.69) is 37.8 Å². The predicted octanol–water partition coefficient (Wildman–Crippen LogP) is 1.71. The number of carbonyl (C=O) groups is 1. The Balaban J connectivity index is 1.40. The van der Waals surface area contributed by atoms with E-state index in [1.54, 1.807) is 7.11 Å². The summed E-state index contributed by atoms with van der Waals surface area (Å²) >= 11 is 0. The summed E-state index contributed by atoms with van der Waals surface area (Å²) in [5.74, 6) is 1.82. The third-order valence-corrected chi connectivity index (χ3v) is 4.99. The van der Waals surface area contributed by atoms with E-state index in [9.17, 15) is 4.79 Å². The first-order valence-electron chi connectivity index (χ1n) is 9.57. The van der Waals surface area contributed by atoms with Gasteiger partial charge in [0.2, 0.25) is 5.91 Å². The normalized spacial score (nSPS) is 15.6. The van der Waals surface area contributed by atoms with Crippen molar-refractivity contribution < 1.29 is 9.53 Å². The molecule has 0 aliphatic carbocycles. The number of ether oxygens (including phenoxy) is 1. The molecule has 1 aliphatic rings. The third kappa shape index (κ3) is 5.30. The number of anilines is 1. The lowest BCUT2D eigenvalue weighted by Crippen LogP contribution is -2.49. The van der Waals surface area contributed by atoms with E-state index in [4.69, 9.17) is 4.74 Å². The Labute approximate surface area is 160 Å². The predicted molar refractivity (Wildman–Crippen MR) is 106 cm³/mol. The number of aromatic nitrogens is 2. The molecule has 1 aliphatic heterocycles. The summed E-state index contributed by atoms with van der Waals surface area (Å²) in [5, 5.41) is 2.95. The highest BCUT2D eigenvalue weighted by Crippen LogP contribution is 2.22. The number of imidazole rings is 1. The second-order valence-corrected chi connectivity index (χ2v) is 6.76. The Morgan fingerprint density at radius 1 is 1.15 bits per heavy atom. The topological polar surface area (TPSA) is 62.6 Å². The van der Waals surface area contributed by atoms with Crippen LogP contribution in [-0.2, 0) is 17.8 Å². The maximum absolute atomic E-state index is 12.3. The fourth-order valence-corrected chi connectivity index (χ4v) is 3.42. The molecule has 1 N–H and O–H groups in total. The van der Waals surface area contributed by atoms with Gasteiger partial charge in [-0.1, -0.05) is 19.1 Å². The molecular weight excluding hydrogens is 342 g/mol. The van der Waals surface area contributed by atoms with Gasteiger partial charge in [-0.25, -0.2) is 4.98 Å². The monoisotopic (exact) mass is 371 g/mol. The van der Waals surface area contributed by atoms with Gasteiger partial charge in [-0.3, -0.25) is 14.6 Å². The number of nitrogens with zero attached hydrogens (tertiary/aromatic N) is 4.